The van der Waals surface area contributed by atoms with Gasteiger partial charge in [-0.15, -0.1) is 0 Å². The average molecular weight is 262 g/mol. The van der Waals surface area contributed by atoms with Crippen molar-refractivity contribution in [2.45, 2.75) is 19.4 Å². The fraction of sp³-hybridized carbons (Fsp3) is 0.429. The molecule has 0 radical (unpaired) electrons. The fourth-order valence-electron chi connectivity index (χ4n) is 2.37. The number of benzene rings is 1. The fourth-order valence-corrected chi connectivity index (χ4v) is 2.37. The summed E-state index contributed by atoms with van der Waals surface area (Å²) in [6, 6.07) is 6.87. The van der Waals surface area contributed by atoms with Crippen LogP contribution in [0.1, 0.15) is 24.9 Å². The molecule has 19 heavy (non-hydrogen) atoms. The monoisotopic (exact) mass is 262 g/mol. The van der Waals surface area contributed by atoms with E-state index in [-0.39, 0.29) is 24.6 Å². The van der Waals surface area contributed by atoms with Crippen molar-refractivity contribution in [3.8, 4) is 5.75 Å². The molecule has 1 aromatic carbocycles. The highest BCUT2D eigenvalue weighted by molar-refractivity contribution is 5.99. The van der Waals surface area contributed by atoms with Crippen molar-refractivity contribution in [3.05, 3.63) is 29.8 Å². The van der Waals surface area contributed by atoms with Gasteiger partial charge in [-0.25, -0.2) is 9.79 Å². The highest BCUT2D eigenvalue weighted by atomic mass is 16.5. The lowest BCUT2D eigenvalue weighted by atomic mass is 9.87. The van der Waals surface area contributed by atoms with Crippen LogP contribution in [0, 0.1) is 5.92 Å². The Hall–Kier alpha value is -1.88. The van der Waals surface area contributed by atoms with Gasteiger partial charge in [-0.05, 0) is 24.1 Å². The predicted octanol–water partition coefficient (Wildman–Crippen LogP) is 1.92. The second kappa shape index (κ2) is 5.84. The summed E-state index contributed by atoms with van der Waals surface area (Å²) in [5.74, 6) is 0.541. The molecule has 0 saturated heterocycles. The lowest BCUT2D eigenvalue weighted by Gasteiger charge is -2.31. The molecule has 1 heterocycles. The van der Waals surface area contributed by atoms with Crippen LogP contribution in [0.5, 0.6) is 5.75 Å². The third-order valence-corrected chi connectivity index (χ3v) is 3.37. The number of aliphatic hydroxyl groups is 1. The van der Waals surface area contributed by atoms with Crippen LogP contribution >= 0.6 is 0 Å². The summed E-state index contributed by atoms with van der Waals surface area (Å²) in [6.07, 6.45) is 0.652. The van der Waals surface area contributed by atoms with E-state index in [0.717, 1.165) is 17.0 Å². The zero-order valence-corrected chi connectivity index (χ0v) is 11.1. The second-order valence-electron chi connectivity index (χ2n) is 4.45. The molecule has 2 atom stereocenters. The summed E-state index contributed by atoms with van der Waals surface area (Å²) in [6.45, 7) is 1.89. The van der Waals surface area contributed by atoms with Gasteiger partial charge in [0.05, 0.1) is 19.8 Å². The molecule has 5 nitrogen and oxygen atoms in total. The van der Waals surface area contributed by atoms with Crippen molar-refractivity contribution in [1.29, 1.82) is 0 Å². The molecule has 0 fully saturated rings. The van der Waals surface area contributed by atoms with Crippen LogP contribution in [0.4, 0.5) is 4.79 Å². The van der Waals surface area contributed by atoms with Gasteiger partial charge in [0, 0.05) is 11.6 Å². The Morgan fingerprint density at radius 3 is 2.89 bits per heavy atom. The van der Waals surface area contributed by atoms with Gasteiger partial charge in [-0.2, -0.15) is 0 Å². The number of nitrogens with zero attached hydrogens (tertiary/aromatic N) is 1. The molecule has 102 valence electrons. The number of aliphatic imine (C=N–C) groups is 1. The maximum Gasteiger partial charge on any atom is 0.341 e. The first-order valence-electron chi connectivity index (χ1n) is 6.32. The number of aliphatic hydroxyl groups excluding tert-OH is 1. The normalized spacial score (nSPS) is 22.7. The van der Waals surface area contributed by atoms with Gasteiger partial charge in [0.15, 0.2) is 0 Å². The van der Waals surface area contributed by atoms with Gasteiger partial charge in [-0.3, -0.25) is 0 Å². The molecule has 2 N–H and O–H groups in total. The second-order valence-corrected chi connectivity index (χ2v) is 4.45. The summed E-state index contributed by atoms with van der Waals surface area (Å²) in [4.78, 5) is 15.6. The number of rotatable bonds is 4. The number of nitrogens with one attached hydrogen (secondary N) is 1. The molecular weight excluding hydrogens is 244 g/mol. The number of methoxy groups -OCH3 is 1. The Kier molecular flexibility index (Phi) is 4.16. The number of hydrogen-bond acceptors (Lipinski definition) is 3. The Morgan fingerprint density at radius 1 is 1.47 bits per heavy atom. The Morgan fingerprint density at radius 2 is 2.26 bits per heavy atom. The first-order valence-corrected chi connectivity index (χ1v) is 6.32. The van der Waals surface area contributed by atoms with E-state index in [2.05, 4.69) is 10.3 Å². The van der Waals surface area contributed by atoms with Crippen LogP contribution in [0.2, 0.25) is 0 Å². The predicted molar refractivity (Wildman–Crippen MR) is 72.6 cm³/mol. The van der Waals surface area contributed by atoms with Crippen molar-refractivity contribution in [2.24, 2.45) is 10.9 Å². The van der Waals surface area contributed by atoms with Gasteiger partial charge < -0.3 is 15.2 Å². The number of hydrogen-bond donors (Lipinski definition) is 2. The van der Waals surface area contributed by atoms with Gasteiger partial charge in [0.2, 0.25) is 0 Å². The van der Waals surface area contributed by atoms with E-state index < -0.39 is 0 Å². The lowest BCUT2D eigenvalue weighted by Crippen LogP contribution is -2.42. The summed E-state index contributed by atoms with van der Waals surface area (Å²) in [7, 11) is 1.60. The summed E-state index contributed by atoms with van der Waals surface area (Å²) in [5.41, 5.74) is 1.65. The topological polar surface area (TPSA) is 70.9 Å². The molecule has 1 aromatic rings. The van der Waals surface area contributed by atoms with Crippen molar-refractivity contribution >= 4 is 11.7 Å². The van der Waals surface area contributed by atoms with E-state index in [0.29, 0.717) is 6.42 Å². The molecule has 5 heteroatoms. The number of amides is 2. The minimum absolute atomic E-state index is 0.0468. The molecule has 2 unspecified atom stereocenters. The van der Waals surface area contributed by atoms with Crippen LogP contribution in [-0.4, -0.2) is 30.6 Å². The standard InChI is InChI=1S/C14H18N2O3/c1-3-12-11(8-17)13(16-14(18)15-12)9-5-4-6-10(7-9)19-2/h4-7,11,13,17H,3,8H2,1-2H3,(H,16,18). The van der Waals surface area contributed by atoms with Gasteiger partial charge in [-0.1, -0.05) is 19.1 Å². The third-order valence-electron chi connectivity index (χ3n) is 3.37. The molecule has 2 amide bonds. The van der Waals surface area contributed by atoms with Crippen molar-refractivity contribution in [1.82, 2.24) is 5.32 Å². The Bertz CT molecular complexity index is 499. The van der Waals surface area contributed by atoms with Crippen molar-refractivity contribution in [2.75, 3.05) is 13.7 Å². The number of carbonyl (C=O) groups is 1. The Balaban J connectivity index is 2.36. The molecule has 0 spiro atoms. The smallest absolute Gasteiger partial charge is 0.341 e. The van der Waals surface area contributed by atoms with Gasteiger partial charge in [0.1, 0.15) is 5.75 Å². The quantitative estimate of drug-likeness (QED) is 0.870. The molecule has 0 aliphatic carbocycles. The summed E-state index contributed by atoms with van der Waals surface area (Å²) < 4.78 is 5.19. The maximum atomic E-state index is 11.6. The number of carbonyl (C=O) groups excluding carboxylic acids is 1. The lowest BCUT2D eigenvalue weighted by molar-refractivity contribution is 0.212. The highest BCUT2D eigenvalue weighted by Crippen LogP contribution is 2.29. The first-order chi connectivity index (χ1) is 9.19. The van der Waals surface area contributed by atoms with Crippen molar-refractivity contribution < 1.29 is 14.6 Å². The minimum atomic E-state index is -0.352. The van der Waals surface area contributed by atoms with E-state index in [1.807, 2.05) is 31.2 Å². The van der Waals surface area contributed by atoms with E-state index in [9.17, 15) is 9.90 Å². The van der Waals surface area contributed by atoms with E-state index >= 15 is 0 Å². The van der Waals surface area contributed by atoms with E-state index in [4.69, 9.17) is 4.74 Å². The summed E-state index contributed by atoms with van der Waals surface area (Å²) in [5, 5.41) is 12.4. The highest BCUT2D eigenvalue weighted by Gasteiger charge is 2.32. The SMILES string of the molecule is CCC1=NC(=O)NC(c2cccc(OC)c2)C1CO. The number of urea groups is 1. The van der Waals surface area contributed by atoms with Crippen LogP contribution in [0.15, 0.2) is 29.3 Å². The third kappa shape index (κ3) is 2.76. The molecule has 2 rings (SSSR count). The average Bonchev–Trinajstić information content (AvgIpc) is 2.46. The van der Waals surface area contributed by atoms with Crippen LogP contribution in [0.3, 0.4) is 0 Å². The Labute approximate surface area is 112 Å². The maximum absolute atomic E-state index is 11.6. The van der Waals surface area contributed by atoms with Crippen LogP contribution in [-0.2, 0) is 0 Å². The molecule has 0 saturated carbocycles. The molecular formula is C14H18N2O3. The van der Waals surface area contributed by atoms with Gasteiger partial charge >= 0.3 is 6.03 Å². The molecule has 0 bridgehead atoms. The first kappa shape index (κ1) is 13.5. The van der Waals surface area contributed by atoms with E-state index in [1.165, 1.54) is 0 Å². The van der Waals surface area contributed by atoms with Crippen LogP contribution < -0.4 is 10.1 Å². The zero-order valence-electron chi connectivity index (χ0n) is 11.1. The molecule has 1 aliphatic heterocycles. The number of ether oxygens (including phenoxy) is 1. The van der Waals surface area contributed by atoms with Crippen LogP contribution in [0.25, 0.3) is 0 Å². The summed E-state index contributed by atoms with van der Waals surface area (Å²) >= 11 is 0. The van der Waals surface area contributed by atoms with Gasteiger partial charge in [0.25, 0.3) is 0 Å². The van der Waals surface area contributed by atoms with Crippen molar-refractivity contribution in [3.63, 3.8) is 0 Å². The zero-order chi connectivity index (χ0) is 13.8. The minimum Gasteiger partial charge on any atom is -0.497 e. The van der Waals surface area contributed by atoms with E-state index in [1.54, 1.807) is 7.11 Å². The molecule has 0 aromatic heterocycles. The largest absolute Gasteiger partial charge is 0.497 e. The molecule has 1 aliphatic rings.